The van der Waals surface area contributed by atoms with E-state index < -0.39 is 5.91 Å². The van der Waals surface area contributed by atoms with Gasteiger partial charge in [0.05, 0.1) is 17.6 Å². The predicted molar refractivity (Wildman–Crippen MR) is 110 cm³/mol. The second-order valence-electron chi connectivity index (χ2n) is 6.82. The fraction of sp³-hybridized carbons (Fsp3) is 0.190. The van der Waals surface area contributed by atoms with Crippen LogP contribution in [0.15, 0.2) is 62.5 Å². The zero-order valence-electron chi connectivity index (χ0n) is 16.5. The van der Waals surface area contributed by atoms with Crippen LogP contribution < -0.4 is 16.3 Å². The molecule has 0 fully saturated rings. The van der Waals surface area contributed by atoms with E-state index in [0.29, 0.717) is 16.8 Å². The van der Waals surface area contributed by atoms with Crippen LogP contribution in [0.5, 0.6) is 0 Å². The van der Waals surface area contributed by atoms with Gasteiger partial charge in [0.1, 0.15) is 5.58 Å². The molecule has 0 saturated carbocycles. The maximum Gasteiger partial charge on any atom is 0.287 e. The Labute approximate surface area is 170 Å². The molecule has 152 valence electrons. The van der Waals surface area contributed by atoms with Crippen molar-refractivity contribution < 1.29 is 9.21 Å². The van der Waals surface area contributed by atoms with Gasteiger partial charge in [0.2, 0.25) is 0 Å². The third kappa shape index (κ3) is 3.77. The number of benzene rings is 1. The maximum absolute atomic E-state index is 12.4. The fourth-order valence-corrected chi connectivity index (χ4v) is 3.15. The minimum atomic E-state index is -0.541. The van der Waals surface area contributed by atoms with Gasteiger partial charge in [-0.15, -0.1) is 5.10 Å². The molecule has 0 aliphatic carbocycles. The van der Waals surface area contributed by atoms with E-state index in [-0.39, 0.29) is 29.8 Å². The van der Waals surface area contributed by atoms with Crippen molar-refractivity contribution in [3.63, 3.8) is 0 Å². The summed E-state index contributed by atoms with van der Waals surface area (Å²) in [6.07, 6.45) is 0. The molecule has 9 nitrogen and oxygen atoms in total. The highest BCUT2D eigenvalue weighted by Gasteiger charge is 2.12. The van der Waals surface area contributed by atoms with E-state index in [9.17, 15) is 14.4 Å². The van der Waals surface area contributed by atoms with Crippen molar-refractivity contribution in [2.75, 3.05) is 6.54 Å². The molecule has 0 atom stereocenters. The summed E-state index contributed by atoms with van der Waals surface area (Å²) in [6, 6.07) is 12.8. The molecule has 1 amide bonds. The standard InChI is InChI=1S/C21H19N5O4/c1-13-11-14(2)26(23-13)19-7-8-20(28)25(24-19)10-9-22-21(29)18-12-16(27)15-5-3-4-6-17(15)30-18/h3-8,11-12H,9-10H2,1-2H3,(H,22,29). The number of hydrogen-bond acceptors (Lipinski definition) is 6. The number of aryl methyl sites for hydroxylation is 2. The Kier molecular flexibility index (Phi) is 5.01. The molecule has 0 spiro atoms. The summed E-state index contributed by atoms with van der Waals surface area (Å²) in [6.45, 7) is 4.05. The number of hydrogen-bond donors (Lipinski definition) is 1. The van der Waals surface area contributed by atoms with Gasteiger partial charge in [-0.2, -0.15) is 5.10 Å². The van der Waals surface area contributed by atoms with Gasteiger partial charge in [0.15, 0.2) is 17.0 Å². The summed E-state index contributed by atoms with van der Waals surface area (Å²) < 4.78 is 8.41. The summed E-state index contributed by atoms with van der Waals surface area (Å²) in [7, 11) is 0. The van der Waals surface area contributed by atoms with Crippen molar-refractivity contribution in [1.82, 2.24) is 24.9 Å². The molecule has 3 aromatic heterocycles. The number of para-hydroxylation sites is 1. The van der Waals surface area contributed by atoms with Crippen LogP contribution in [-0.4, -0.2) is 32.0 Å². The Morgan fingerprint density at radius 1 is 1.07 bits per heavy atom. The summed E-state index contributed by atoms with van der Waals surface area (Å²) in [5.74, 6) is -0.122. The molecule has 0 aliphatic rings. The number of nitrogens with zero attached hydrogens (tertiary/aromatic N) is 4. The highest BCUT2D eigenvalue weighted by molar-refractivity contribution is 5.93. The first-order chi connectivity index (χ1) is 14.4. The second-order valence-corrected chi connectivity index (χ2v) is 6.82. The van der Waals surface area contributed by atoms with Gasteiger partial charge in [-0.05, 0) is 38.1 Å². The topological polar surface area (TPSA) is 112 Å². The zero-order valence-corrected chi connectivity index (χ0v) is 16.5. The Bertz CT molecular complexity index is 1370. The van der Waals surface area contributed by atoms with Gasteiger partial charge < -0.3 is 9.73 Å². The number of aromatic nitrogens is 4. The van der Waals surface area contributed by atoms with Gasteiger partial charge in [0, 0.05) is 24.4 Å². The van der Waals surface area contributed by atoms with E-state index in [2.05, 4.69) is 15.5 Å². The first kappa shape index (κ1) is 19.3. The van der Waals surface area contributed by atoms with Crippen LogP contribution >= 0.6 is 0 Å². The summed E-state index contributed by atoms with van der Waals surface area (Å²) in [5, 5.41) is 11.7. The lowest BCUT2D eigenvalue weighted by molar-refractivity contribution is 0.0924. The lowest BCUT2D eigenvalue weighted by Gasteiger charge is -2.09. The molecule has 0 unspecified atom stereocenters. The largest absolute Gasteiger partial charge is 0.451 e. The third-order valence-electron chi connectivity index (χ3n) is 4.55. The molecule has 9 heteroatoms. The number of carbonyl (C=O) groups excluding carboxylic acids is 1. The molecule has 0 aliphatic heterocycles. The Morgan fingerprint density at radius 2 is 1.87 bits per heavy atom. The van der Waals surface area contributed by atoms with Gasteiger partial charge in [-0.1, -0.05) is 12.1 Å². The van der Waals surface area contributed by atoms with Gasteiger partial charge in [-0.3, -0.25) is 14.4 Å². The SMILES string of the molecule is Cc1cc(C)n(-c2ccc(=O)n(CCNC(=O)c3cc(=O)c4ccccc4o3)n2)n1. The maximum atomic E-state index is 12.4. The van der Waals surface area contributed by atoms with Crippen molar-refractivity contribution in [2.24, 2.45) is 0 Å². The van der Waals surface area contributed by atoms with E-state index >= 15 is 0 Å². The Morgan fingerprint density at radius 3 is 2.63 bits per heavy atom. The van der Waals surface area contributed by atoms with Crippen molar-refractivity contribution in [2.45, 2.75) is 20.4 Å². The minimum absolute atomic E-state index is 0.0876. The average Bonchev–Trinajstić information content (AvgIpc) is 3.07. The van der Waals surface area contributed by atoms with Crippen molar-refractivity contribution in [3.8, 4) is 5.82 Å². The van der Waals surface area contributed by atoms with Crippen molar-refractivity contribution >= 4 is 16.9 Å². The zero-order chi connectivity index (χ0) is 21.3. The van der Waals surface area contributed by atoms with E-state index in [0.717, 1.165) is 17.5 Å². The Balaban J connectivity index is 1.48. The third-order valence-corrected chi connectivity index (χ3v) is 4.55. The number of fused-ring (bicyclic) bond motifs is 1. The Hall–Kier alpha value is -4.01. The van der Waals surface area contributed by atoms with Crippen LogP contribution in [0.1, 0.15) is 21.9 Å². The normalized spacial score (nSPS) is 11.0. The smallest absolute Gasteiger partial charge is 0.287 e. The minimum Gasteiger partial charge on any atom is -0.451 e. The van der Waals surface area contributed by atoms with Crippen molar-refractivity contribution in [3.05, 3.63) is 86.3 Å². The van der Waals surface area contributed by atoms with Crippen LogP contribution in [0.2, 0.25) is 0 Å². The first-order valence-corrected chi connectivity index (χ1v) is 9.35. The summed E-state index contributed by atoms with van der Waals surface area (Å²) >= 11 is 0. The number of nitrogens with one attached hydrogen (secondary N) is 1. The monoisotopic (exact) mass is 405 g/mol. The molecule has 3 heterocycles. The average molecular weight is 405 g/mol. The number of carbonyl (C=O) groups is 1. The van der Waals surface area contributed by atoms with Gasteiger partial charge >= 0.3 is 0 Å². The molecule has 4 rings (SSSR count). The van der Waals surface area contributed by atoms with E-state index in [1.807, 2.05) is 19.9 Å². The van der Waals surface area contributed by atoms with Crippen LogP contribution in [0.3, 0.4) is 0 Å². The molecule has 0 bridgehead atoms. The molecular formula is C21H19N5O4. The van der Waals surface area contributed by atoms with Crippen LogP contribution in [-0.2, 0) is 6.54 Å². The molecule has 30 heavy (non-hydrogen) atoms. The quantitative estimate of drug-likeness (QED) is 0.540. The highest BCUT2D eigenvalue weighted by atomic mass is 16.3. The number of amides is 1. The summed E-state index contributed by atoms with van der Waals surface area (Å²) in [4.78, 5) is 36.7. The molecule has 0 radical (unpaired) electrons. The van der Waals surface area contributed by atoms with E-state index in [4.69, 9.17) is 4.42 Å². The van der Waals surface area contributed by atoms with Crippen molar-refractivity contribution in [1.29, 1.82) is 0 Å². The predicted octanol–water partition coefficient (Wildman–Crippen LogP) is 1.58. The first-order valence-electron chi connectivity index (χ1n) is 9.35. The molecule has 0 saturated heterocycles. The molecule has 1 aromatic carbocycles. The van der Waals surface area contributed by atoms with Gasteiger partial charge in [-0.25, -0.2) is 9.36 Å². The lowest BCUT2D eigenvalue weighted by atomic mass is 10.2. The number of rotatable bonds is 5. The summed E-state index contributed by atoms with van der Waals surface area (Å²) in [5.41, 5.74) is 1.48. The molecule has 4 aromatic rings. The van der Waals surface area contributed by atoms with E-state index in [1.54, 1.807) is 35.0 Å². The van der Waals surface area contributed by atoms with Crippen LogP contribution in [0.4, 0.5) is 0 Å². The second kappa shape index (κ2) is 7.78. The molecular weight excluding hydrogens is 386 g/mol. The van der Waals surface area contributed by atoms with Crippen LogP contribution in [0.25, 0.3) is 16.8 Å². The fourth-order valence-electron chi connectivity index (χ4n) is 3.15. The van der Waals surface area contributed by atoms with Crippen LogP contribution in [0, 0.1) is 13.8 Å². The lowest BCUT2D eigenvalue weighted by Crippen LogP contribution is -2.32. The highest BCUT2D eigenvalue weighted by Crippen LogP contribution is 2.11. The molecule has 1 N–H and O–H groups in total. The van der Waals surface area contributed by atoms with Gasteiger partial charge in [0.25, 0.3) is 11.5 Å². The van der Waals surface area contributed by atoms with E-state index in [1.165, 1.54) is 10.7 Å².